The monoisotopic (exact) mass is 522 g/mol. The molecule has 0 N–H and O–H groups in total. The molecule has 5 rings (SSSR count). The molecule has 176 valence electrons. The maximum atomic E-state index is 13.9. The van der Waals surface area contributed by atoms with Crippen molar-refractivity contribution in [1.29, 1.82) is 0 Å². The van der Waals surface area contributed by atoms with Crippen LogP contribution in [0.5, 0.6) is 0 Å². The molecule has 0 amide bonds. The van der Waals surface area contributed by atoms with Crippen LogP contribution >= 0.6 is 34.5 Å². The highest BCUT2D eigenvalue weighted by Gasteiger charge is 2.61. The van der Waals surface area contributed by atoms with Crippen LogP contribution in [0.2, 0.25) is 10.0 Å². The van der Waals surface area contributed by atoms with E-state index in [1.165, 1.54) is 0 Å². The van der Waals surface area contributed by atoms with Crippen LogP contribution in [0, 0.1) is 0 Å². The zero-order valence-corrected chi connectivity index (χ0v) is 20.4. The van der Waals surface area contributed by atoms with Crippen LogP contribution in [0.4, 0.5) is 13.2 Å². The van der Waals surface area contributed by atoms with Crippen molar-refractivity contribution in [3.05, 3.63) is 69.3 Å². The molecule has 0 radical (unpaired) electrons. The van der Waals surface area contributed by atoms with Gasteiger partial charge in [-0.3, -0.25) is 4.57 Å². The van der Waals surface area contributed by atoms with Gasteiger partial charge in [0.2, 0.25) is 0 Å². The van der Waals surface area contributed by atoms with Crippen molar-refractivity contribution in [2.75, 3.05) is 0 Å². The number of benzene rings is 2. The van der Waals surface area contributed by atoms with E-state index < -0.39 is 11.6 Å². The van der Waals surface area contributed by atoms with E-state index in [2.05, 4.69) is 10.2 Å². The fourth-order valence-electron chi connectivity index (χ4n) is 4.30. The molecule has 1 saturated carbocycles. The summed E-state index contributed by atoms with van der Waals surface area (Å²) < 4.78 is 43.6. The minimum atomic E-state index is -4.36. The van der Waals surface area contributed by atoms with Crippen molar-refractivity contribution in [2.24, 2.45) is 0 Å². The summed E-state index contributed by atoms with van der Waals surface area (Å²) in [6.45, 7) is 1.97. The maximum absolute atomic E-state index is 13.9. The lowest BCUT2D eigenvalue weighted by molar-refractivity contribution is -0.212. The number of halogens is 5. The summed E-state index contributed by atoms with van der Waals surface area (Å²) in [5.74, 6) is 0.575. The van der Waals surface area contributed by atoms with Crippen molar-refractivity contribution >= 4 is 34.5 Å². The number of alkyl halides is 3. The third kappa shape index (κ3) is 3.72. The van der Waals surface area contributed by atoms with Crippen LogP contribution in [-0.2, 0) is 11.8 Å². The van der Waals surface area contributed by atoms with Crippen LogP contribution < -0.4 is 0 Å². The Balaban J connectivity index is 1.71. The topological polar surface area (TPSA) is 43.6 Å². The Morgan fingerprint density at radius 1 is 1.03 bits per heavy atom. The Bertz CT molecular complexity index is 1340. The van der Waals surface area contributed by atoms with Gasteiger partial charge in [0.15, 0.2) is 5.01 Å². The minimum absolute atomic E-state index is 0.00337. The van der Waals surface area contributed by atoms with Gasteiger partial charge in [-0.2, -0.15) is 13.2 Å². The summed E-state index contributed by atoms with van der Waals surface area (Å²) in [6.07, 6.45) is -3.20. The summed E-state index contributed by atoms with van der Waals surface area (Å²) >= 11 is 13.6. The van der Waals surface area contributed by atoms with Crippen LogP contribution in [0.1, 0.15) is 36.9 Å². The smallest absolute Gasteiger partial charge is 0.296 e. The summed E-state index contributed by atoms with van der Waals surface area (Å²) in [4.78, 5) is 4.85. The Morgan fingerprint density at radius 2 is 1.74 bits per heavy atom. The molecule has 1 aliphatic carbocycles. The van der Waals surface area contributed by atoms with Crippen molar-refractivity contribution in [2.45, 2.75) is 44.2 Å². The van der Waals surface area contributed by atoms with Gasteiger partial charge in [0, 0.05) is 16.3 Å². The van der Waals surface area contributed by atoms with Crippen LogP contribution in [-0.4, -0.2) is 25.9 Å². The zero-order valence-electron chi connectivity index (χ0n) is 18.0. The van der Waals surface area contributed by atoms with Crippen molar-refractivity contribution in [3.8, 4) is 27.8 Å². The SMILES string of the molecule is CCc1c(-c2nnc(C3(C(F)(F)F)CCC3)s2)nc(-c2ccccc2Cl)n1-c1ccc(Cl)cc1. The molecule has 10 heteroatoms. The second kappa shape index (κ2) is 8.66. The maximum Gasteiger partial charge on any atom is 0.400 e. The predicted octanol–water partition coefficient (Wildman–Crippen LogP) is 7.91. The van der Waals surface area contributed by atoms with E-state index in [1.807, 2.05) is 41.8 Å². The molecule has 4 aromatic rings. The number of rotatable bonds is 5. The number of nitrogens with zero attached hydrogens (tertiary/aromatic N) is 4. The highest BCUT2D eigenvalue weighted by molar-refractivity contribution is 7.14. The molecule has 4 nitrogen and oxygen atoms in total. The molecule has 0 aliphatic heterocycles. The van der Waals surface area contributed by atoms with Gasteiger partial charge in [-0.1, -0.05) is 60.0 Å². The number of hydrogen-bond acceptors (Lipinski definition) is 4. The van der Waals surface area contributed by atoms with Gasteiger partial charge in [-0.25, -0.2) is 4.98 Å². The average molecular weight is 523 g/mol. The normalized spacial score (nSPS) is 15.4. The van der Waals surface area contributed by atoms with E-state index in [-0.39, 0.29) is 17.8 Å². The molecule has 0 unspecified atom stereocenters. The predicted molar refractivity (Wildman–Crippen MR) is 129 cm³/mol. The molecule has 2 aromatic heterocycles. The van der Waals surface area contributed by atoms with Gasteiger partial charge >= 0.3 is 6.18 Å². The molecular formula is C24H19Cl2F3N4S. The number of hydrogen-bond donors (Lipinski definition) is 0. The van der Waals surface area contributed by atoms with Gasteiger partial charge < -0.3 is 0 Å². The molecule has 0 bridgehead atoms. The molecule has 0 atom stereocenters. The van der Waals surface area contributed by atoms with Gasteiger partial charge in [-0.15, -0.1) is 10.2 Å². The van der Waals surface area contributed by atoms with Crippen LogP contribution in [0.25, 0.3) is 27.8 Å². The zero-order chi connectivity index (χ0) is 24.1. The second-order valence-corrected chi connectivity index (χ2v) is 10.0. The lowest BCUT2D eigenvalue weighted by Crippen LogP contribution is -2.47. The molecule has 1 aliphatic rings. The largest absolute Gasteiger partial charge is 0.400 e. The van der Waals surface area contributed by atoms with E-state index in [9.17, 15) is 13.2 Å². The van der Waals surface area contributed by atoms with E-state index in [0.717, 1.165) is 22.7 Å². The minimum Gasteiger partial charge on any atom is -0.296 e. The molecule has 0 spiro atoms. The summed E-state index contributed by atoms with van der Waals surface area (Å²) in [5.41, 5.74) is 0.919. The van der Waals surface area contributed by atoms with E-state index in [4.69, 9.17) is 28.2 Å². The Kier molecular flexibility index (Phi) is 5.94. The summed E-state index contributed by atoms with van der Waals surface area (Å²) in [5, 5.41) is 9.64. The first-order valence-electron chi connectivity index (χ1n) is 10.8. The Morgan fingerprint density at radius 3 is 2.32 bits per heavy atom. The van der Waals surface area contributed by atoms with Gasteiger partial charge in [-0.05, 0) is 55.7 Å². The fraction of sp³-hybridized carbons (Fsp3) is 0.292. The first-order chi connectivity index (χ1) is 16.2. The van der Waals surface area contributed by atoms with Gasteiger partial charge in [0.25, 0.3) is 0 Å². The average Bonchev–Trinajstić information content (AvgIpc) is 3.38. The molecule has 1 fully saturated rings. The Hall–Kier alpha value is -2.42. The molecular weight excluding hydrogens is 504 g/mol. The quantitative estimate of drug-likeness (QED) is 0.267. The molecule has 2 heterocycles. The van der Waals surface area contributed by atoms with Crippen molar-refractivity contribution in [1.82, 2.24) is 19.7 Å². The van der Waals surface area contributed by atoms with E-state index >= 15 is 0 Å². The first-order valence-corrected chi connectivity index (χ1v) is 12.4. The molecule has 0 saturated heterocycles. The third-order valence-corrected chi connectivity index (χ3v) is 8.01. The highest BCUT2D eigenvalue weighted by Crippen LogP contribution is 2.55. The molecule has 34 heavy (non-hydrogen) atoms. The molecule has 2 aromatic carbocycles. The highest BCUT2D eigenvalue weighted by atomic mass is 35.5. The first kappa shape index (κ1) is 23.3. The van der Waals surface area contributed by atoms with E-state index in [0.29, 0.717) is 45.0 Å². The van der Waals surface area contributed by atoms with Gasteiger partial charge in [0.1, 0.15) is 21.9 Å². The Labute approximate surface area is 208 Å². The standard InChI is InChI=1S/C24H19Cl2F3N4S/c1-2-18-19(21-31-32-22(34-21)23(12-5-13-23)24(27,28)29)30-20(16-6-3-4-7-17(16)26)33(18)15-10-8-14(25)9-11-15/h3-4,6-11H,2,5,12-13H2,1H3. The van der Waals surface area contributed by atoms with E-state index in [1.54, 1.807) is 18.2 Å². The third-order valence-electron chi connectivity index (χ3n) is 6.29. The lowest BCUT2D eigenvalue weighted by atomic mass is 9.68. The van der Waals surface area contributed by atoms with Crippen LogP contribution in [0.3, 0.4) is 0 Å². The fourth-order valence-corrected chi connectivity index (χ4v) is 5.77. The second-order valence-electron chi connectivity index (χ2n) is 8.22. The number of imidazole rings is 1. The summed E-state index contributed by atoms with van der Waals surface area (Å²) in [7, 11) is 0. The van der Waals surface area contributed by atoms with Crippen LogP contribution in [0.15, 0.2) is 48.5 Å². The number of aromatic nitrogens is 4. The lowest BCUT2D eigenvalue weighted by Gasteiger charge is -2.40. The summed E-state index contributed by atoms with van der Waals surface area (Å²) in [6, 6.07) is 14.6. The van der Waals surface area contributed by atoms with Gasteiger partial charge in [0.05, 0.1) is 10.7 Å². The van der Waals surface area contributed by atoms with Crippen molar-refractivity contribution < 1.29 is 13.2 Å². The van der Waals surface area contributed by atoms with Crippen molar-refractivity contribution in [3.63, 3.8) is 0 Å².